The van der Waals surface area contributed by atoms with Gasteiger partial charge in [0.15, 0.2) is 0 Å². The third-order valence-electron chi connectivity index (χ3n) is 3.55. The molecule has 2 rings (SSSR count). The number of halogens is 6. The maximum absolute atomic E-state index is 13.6. The van der Waals surface area contributed by atoms with Crippen molar-refractivity contribution in [3.8, 4) is 0 Å². The SMILES string of the molecule is CON=CC(=NOC)c1cc(C(F)(F)F)ccc1F.CON=CCc1ccc(Cl)cc1Cl. The van der Waals surface area contributed by atoms with E-state index in [9.17, 15) is 17.6 Å². The van der Waals surface area contributed by atoms with Crippen molar-refractivity contribution in [1.29, 1.82) is 0 Å². The number of alkyl halides is 3. The van der Waals surface area contributed by atoms with Gasteiger partial charge in [0.25, 0.3) is 0 Å². The van der Waals surface area contributed by atoms with Crippen molar-refractivity contribution < 1.29 is 32.1 Å². The predicted octanol–water partition coefficient (Wildman–Crippen LogP) is 6.00. The maximum atomic E-state index is 13.6. The zero-order valence-corrected chi connectivity index (χ0v) is 18.7. The van der Waals surface area contributed by atoms with Crippen LogP contribution in [0.4, 0.5) is 17.6 Å². The molecule has 2 aromatic rings. The molecule has 32 heavy (non-hydrogen) atoms. The standard InChI is InChI=1S/C11H10F4N2O2.C9H9Cl2NO/c1-18-16-6-10(17-19-2)8-5-7(11(13,14)15)3-4-9(8)12;1-13-12-5-4-7-2-3-8(10)6-9(7)11/h3-6H,1-2H3;2-3,5-6H,4H2,1H3. The Balaban J connectivity index is 0.000000343. The molecular weight excluding hydrogens is 477 g/mol. The molecule has 0 unspecified atom stereocenters. The van der Waals surface area contributed by atoms with Gasteiger partial charge in [-0.15, -0.1) is 0 Å². The minimum atomic E-state index is -4.58. The molecule has 0 atom stereocenters. The highest BCUT2D eigenvalue weighted by atomic mass is 35.5. The second kappa shape index (κ2) is 13.5. The number of hydrogen-bond acceptors (Lipinski definition) is 6. The third kappa shape index (κ3) is 9.11. The Morgan fingerprint density at radius 1 is 0.969 bits per heavy atom. The summed E-state index contributed by atoms with van der Waals surface area (Å²) in [6.07, 6.45) is -1.35. The summed E-state index contributed by atoms with van der Waals surface area (Å²) in [7, 11) is 3.90. The molecule has 174 valence electrons. The summed E-state index contributed by atoms with van der Waals surface area (Å²) in [5, 5.41) is 11.6. The molecule has 0 aliphatic carbocycles. The first kappa shape index (κ1) is 27.2. The molecule has 0 N–H and O–H groups in total. The zero-order valence-electron chi connectivity index (χ0n) is 17.2. The highest BCUT2D eigenvalue weighted by molar-refractivity contribution is 6.38. The van der Waals surface area contributed by atoms with Crippen molar-refractivity contribution in [3.63, 3.8) is 0 Å². The predicted molar refractivity (Wildman–Crippen MR) is 116 cm³/mol. The van der Waals surface area contributed by atoms with Gasteiger partial charge in [-0.1, -0.05) is 44.7 Å². The molecule has 0 aliphatic heterocycles. The lowest BCUT2D eigenvalue weighted by atomic mass is 10.1. The Bertz CT molecular complexity index is 968. The highest BCUT2D eigenvalue weighted by Gasteiger charge is 2.31. The van der Waals surface area contributed by atoms with Crippen molar-refractivity contribution in [3.05, 3.63) is 69.0 Å². The molecule has 0 aromatic heterocycles. The van der Waals surface area contributed by atoms with E-state index in [-0.39, 0.29) is 5.71 Å². The Labute approximate surface area is 192 Å². The smallest absolute Gasteiger partial charge is 0.399 e. The van der Waals surface area contributed by atoms with Gasteiger partial charge in [0.1, 0.15) is 32.9 Å². The fraction of sp³-hybridized carbons (Fsp3) is 0.250. The van der Waals surface area contributed by atoms with Crippen molar-refractivity contribution in [2.75, 3.05) is 21.3 Å². The second-order valence-corrected chi connectivity index (χ2v) is 6.52. The van der Waals surface area contributed by atoms with Crippen LogP contribution in [-0.2, 0) is 27.1 Å². The summed E-state index contributed by atoms with van der Waals surface area (Å²) >= 11 is 11.7. The Kier molecular flexibility index (Phi) is 11.5. The quantitative estimate of drug-likeness (QED) is 0.269. The average Bonchev–Trinajstić information content (AvgIpc) is 2.73. The van der Waals surface area contributed by atoms with Gasteiger partial charge in [0, 0.05) is 28.2 Å². The van der Waals surface area contributed by atoms with Crippen LogP contribution < -0.4 is 0 Å². The first-order valence-corrected chi connectivity index (χ1v) is 9.43. The average molecular weight is 496 g/mol. The van der Waals surface area contributed by atoms with Crippen molar-refractivity contribution in [2.24, 2.45) is 15.5 Å². The van der Waals surface area contributed by atoms with E-state index in [1.54, 1.807) is 18.3 Å². The molecule has 0 amide bonds. The normalized spacial score (nSPS) is 12.0. The Morgan fingerprint density at radius 2 is 1.66 bits per heavy atom. The van der Waals surface area contributed by atoms with Gasteiger partial charge >= 0.3 is 6.18 Å². The van der Waals surface area contributed by atoms with E-state index in [4.69, 9.17) is 23.2 Å². The molecule has 0 bridgehead atoms. The minimum absolute atomic E-state index is 0.229. The van der Waals surface area contributed by atoms with Crippen LogP contribution in [0.3, 0.4) is 0 Å². The molecule has 12 heteroatoms. The first-order valence-electron chi connectivity index (χ1n) is 8.67. The molecule has 0 radical (unpaired) electrons. The first-order chi connectivity index (χ1) is 15.1. The van der Waals surface area contributed by atoms with E-state index >= 15 is 0 Å². The van der Waals surface area contributed by atoms with E-state index in [0.29, 0.717) is 34.7 Å². The molecule has 6 nitrogen and oxygen atoms in total. The summed E-state index contributed by atoms with van der Waals surface area (Å²) in [4.78, 5) is 13.3. The van der Waals surface area contributed by atoms with Crippen LogP contribution in [0.25, 0.3) is 0 Å². The van der Waals surface area contributed by atoms with E-state index < -0.39 is 23.1 Å². The molecule has 2 aromatic carbocycles. The lowest BCUT2D eigenvalue weighted by Gasteiger charge is -2.09. The summed E-state index contributed by atoms with van der Waals surface area (Å²) in [5.41, 5.74) is -0.643. The topological polar surface area (TPSA) is 64.8 Å². The molecule has 0 aliphatic rings. The zero-order chi connectivity index (χ0) is 24.1. The van der Waals surface area contributed by atoms with Crippen molar-refractivity contribution >= 4 is 41.3 Å². The molecule has 0 spiro atoms. The third-order valence-corrected chi connectivity index (χ3v) is 4.13. The number of hydrogen-bond donors (Lipinski definition) is 0. The van der Waals surface area contributed by atoms with Crippen LogP contribution in [0.5, 0.6) is 0 Å². The number of oxime groups is 3. The number of nitrogens with zero attached hydrogens (tertiary/aromatic N) is 3. The second-order valence-electron chi connectivity index (χ2n) is 5.68. The van der Waals surface area contributed by atoms with E-state index in [2.05, 4.69) is 30.0 Å². The summed E-state index contributed by atoms with van der Waals surface area (Å²) in [6, 6.07) is 7.32. The fourth-order valence-corrected chi connectivity index (χ4v) is 2.62. The van der Waals surface area contributed by atoms with Gasteiger partial charge in [0.05, 0.1) is 11.8 Å². The van der Waals surface area contributed by atoms with E-state index in [1.165, 1.54) is 21.3 Å². The Morgan fingerprint density at radius 3 is 2.22 bits per heavy atom. The lowest BCUT2D eigenvalue weighted by molar-refractivity contribution is -0.137. The molecule has 0 heterocycles. The van der Waals surface area contributed by atoms with Gasteiger partial charge in [-0.05, 0) is 35.9 Å². The van der Waals surface area contributed by atoms with Gasteiger partial charge in [0.2, 0.25) is 0 Å². The molecule has 0 fully saturated rings. The lowest BCUT2D eigenvalue weighted by Crippen LogP contribution is -2.11. The van der Waals surface area contributed by atoms with Gasteiger partial charge in [-0.25, -0.2) is 4.39 Å². The molecule has 0 saturated heterocycles. The van der Waals surface area contributed by atoms with Crippen LogP contribution in [0.15, 0.2) is 51.9 Å². The van der Waals surface area contributed by atoms with Crippen LogP contribution >= 0.6 is 23.2 Å². The summed E-state index contributed by atoms with van der Waals surface area (Å²) in [5.74, 6) is -0.883. The van der Waals surface area contributed by atoms with E-state index in [1.807, 2.05) is 6.07 Å². The summed E-state index contributed by atoms with van der Waals surface area (Å²) < 4.78 is 51.2. The van der Waals surface area contributed by atoms with Crippen LogP contribution in [0.1, 0.15) is 16.7 Å². The molecule has 0 saturated carbocycles. The number of rotatable bonds is 7. The van der Waals surface area contributed by atoms with Gasteiger partial charge < -0.3 is 14.5 Å². The van der Waals surface area contributed by atoms with Crippen LogP contribution in [0.2, 0.25) is 10.0 Å². The van der Waals surface area contributed by atoms with Crippen molar-refractivity contribution in [1.82, 2.24) is 0 Å². The number of benzene rings is 2. The highest BCUT2D eigenvalue weighted by Crippen LogP contribution is 2.30. The fourth-order valence-electron chi connectivity index (χ4n) is 2.14. The van der Waals surface area contributed by atoms with Crippen LogP contribution in [-0.4, -0.2) is 39.5 Å². The van der Waals surface area contributed by atoms with Gasteiger partial charge in [-0.2, -0.15) is 13.2 Å². The van der Waals surface area contributed by atoms with E-state index in [0.717, 1.165) is 11.8 Å². The minimum Gasteiger partial charge on any atom is -0.399 e. The maximum Gasteiger partial charge on any atom is 0.416 e. The monoisotopic (exact) mass is 495 g/mol. The largest absolute Gasteiger partial charge is 0.416 e. The summed E-state index contributed by atoms with van der Waals surface area (Å²) in [6.45, 7) is 0. The van der Waals surface area contributed by atoms with Crippen molar-refractivity contribution in [2.45, 2.75) is 12.6 Å². The van der Waals surface area contributed by atoms with Gasteiger partial charge in [-0.3, -0.25) is 0 Å². The van der Waals surface area contributed by atoms with Crippen LogP contribution in [0, 0.1) is 5.82 Å². The molecular formula is C20H19Cl2F4N3O3. The Hall–Kier alpha value is -2.85.